The Labute approximate surface area is 200 Å². The van der Waals surface area contributed by atoms with E-state index in [0.29, 0.717) is 48.1 Å². The van der Waals surface area contributed by atoms with Crippen LogP contribution in [0.25, 0.3) is 0 Å². The summed E-state index contributed by atoms with van der Waals surface area (Å²) in [6.45, 7) is 3.90. The first-order valence-electron chi connectivity index (χ1n) is 12.2. The van der Waals surface area contributed by atoms with Gasteiger partial charge in [-0.25, -0.2) is 8.42 Å². The van der Waals surface area contributed by atoms with Gasteiger partial charge in [-0.3, -0.25) is 4.79 Å². The number of hydrogen-bond acceptors (Lipinski definition) is 4. The molecule has 0 spiro atoms. The molecule has 0 unspecified atom stereocenters. The fourth-order valence-corrected chi connectivity index (χ4v) is 10.3. The predicted octanol–water partition coefficient (Wildman–Crippen LogP) is 4.43. The maximum atomic E-state index is 14.0. The smallest absolute Gasteiger partial charge is 0.252 e. The Kier molecular flexibility index (Phi) is 5.06. The van der Waals surface area contributed by atoms with E-state index in [0.717, 1.165) is 19.3 Å². The van der Waals surface area contributed by atoms with E-state index in [1.54, 1.807) is 21.8 Å². The van der Waals surface area contributed by atoms with Crippen LogP contribution in [0.15, 0.2) is 46.0 Å². The van der Waals surface area contributed by atoms with E-state index in [1.165, 1.54) is 41.7 Å². The van der Waals surface area contributed by atoms with Crippen molar-refractivity contribution < 1.29 is 13.2 Å². The van der Waals surface area contributed by atoms with E-state index in [4.69, 9.17) is 0 Å². The van der Waals surface area contributed by atoms with Gasteiger partial charge in [0.2, 0.25) is 5.91 Å². The van der Waals surface area contributed by atoms with E-state index >= 15 is 0 Å². The lowest BCUT2D eigenvalue weighted by molar-refractivity contribution is -0.161. The highest BCUT2D eigenvalue weighted by Gasteiger charge is 2.61. The third-order valence-electron chi connectivity index (χ3n) is 8.79. The maximum Gasteiger partial charge on any atom is 0.252 e. The van der Waals surface area contributed by atoms with Crippen LogP contribution >= 0.6 is 11.3 Å². The molecule has 4 aliphatic carbocycles. The molecule has 5 aliphatic rings. The first-order chi connectivity index (χ1) is 15.8. The molecule has 0 N–H and O–H groups in total. The van der Waals surface area contributed by atoms with Gasteiger partial charge in [0.1, 0.15) is 4.21 Å². The zero-order valence-electron chi connectivity index (χ0n) is 19.2. The van der Waals surface area contributed by atoms with Crippen LogP contribution in [0.4, 0.5) is 0 Å². The topological polar surface area (TPSA) is 57.7 Å². The van der Waals surface area contributed by atoms with Crippen molar-refractivity contribution >= 4 is 27.3 Å². The summed E-state index contributed by atoms with van der Waals surface area (Å²) in [5.74, 6) is 1.57. The molecule has 1 aromatic heterocycles. The molecule has 4 saturated carbocycles. The summed E-state index contributed by atoms with van der Waals surface area (Å²) in [5, 5.41) is 1.80. The van der Waals surface area contributed by atoms with Gasteiger partial charge in [-0.05, 0) is 79.7 Å². The summed E-state index contributed by atoms with van der Waals surface area (Å²) in [6.07, 6.45) is 6.70. The molecular weight excluding hydrogens is 452 g/mol. The quantitative estimate of drug-likeness (QED) is 0.645. The lowest BCUT2D eigenvalue weighted by atomic mass is 9.42. The van der Waals surface area contributed by atoms with E-state index in [9.17, 15) is 13.2 Å². The number of hydrogen-bond donors (Lipinski definition) is 0. The van der Waals surface area contributed by atoms with E-state index in [2.05, 4.69) is 31.2 Å². The molecule has 2 atom stereocenters. The minimum atomic E-state index is -3.45. The van der Waals surface area contributed by atoms with E-state index < -0.39 is 10.0 Å². The normalized spacial score (nSPS) is 34.0. The summed E-state index contributed by atoms with van der Waals surface area (Å²) in [7, 11) is -3.45. The molecule has 7 heteroatoms. The summed E-state index contributed by atoms with van der Waals surface area (Å²) in [6, 6.07) is 12.5. The van der Waals surface area contributed by atoms with Gasteiger partial charge in [-0.2, -0.15) is 4.31 Å². The van der Waals surface area contributed by atoms with Crippen molar-refractivity contribution in [2.75, 3.05) is 26.2 Å². The van der Waals surface area contributed by atoms with Gasteiger partial charge in [0.15, 0.2) is 0 Å². The fraction of sp³-hybridized carbons (Fsp3) is 0.577. The predicted molar refractivity (Wildman–Crippen MR) is 130 cm³/mol. The van der Waals surface area contributed by atoms with E-state index in [-0.39, 0.29) is 10.8 Å². The minimum Gasteiger partial charge on any atom is -0.340 e. The van der Waals surface area contributed by atoms with Crippen molar-refractivity contribution in [1.29, 1.82) is 0 Å². The minimum absolute atomic E-state index is 0.137. The first-order valence-corrected chi connectivity index (χ1v) is 14.5. The number of rotatable bonds is 4. The van der Waals surface area contributed by atoms with Crippen molar-refractivity contribution in [3.63, 3.8) is 0 Å². The maximum absolute atomic E-state index is 14.0. The van der Waals surface area contributed by atoms with Crippen molar-refractivity contribution in [1.82, 2.24) is 9.21 Å². The molecule has 2 aromatic rings. The standard InChI is InChI=1S/C26H32N2O3S2/c1-19-4-6-22(7-5-19)25-14-20-13-21(15-25)17-26(16-20,18-25)24(29)27-8-10-28(11-9-27)33(30,31)23-3-2-12-32-23/h2-7,12,20-21H,8-11,13-18H2,1H3/t20-,21-,25?,26?/m0/s1. The number of amides is 1. The number of sulfonamides is 1. The molecule has 2 heterocycles. The summed E-state index contributed by atoms with van der Waals surface area (Å²) in [5.41, 5.74) is 2.58. The fourth-order valence-electron chi connectivity index (χ4n) is 7.76. The summed E-state index contributed by atoms with van der Waals surface area (Å²) < 4.78 is 27.7. The van der Waals surface area contributed by atoms with Crippen LogP contribution in [0.3, 0.4) is 0 Å². The lowest BCUT2D eigenvalue weighted by Gasteiger charge is -2.62. The van der Waals surface area contributed by atoms with Crippen molar-refractivity contribution in [2.45, 2.75) is 55.1 Å². The molecule has 33 heavy (non-hydrogen) atoms. The van der Waals surface area contributed by atoms with Gasteiger partial charge in [0.05, 0.1) is 5.41 Å². The molecule has 1 aliphatic heterocycles. The van der Waals surface area contributed by atoms with E-state index in [1.807, 2.05) is 4.90 Å². The van der Waals surface area contributed by atoms with Crippen LogP contribution in [-0.4, -0.2) is 49.7 Å². The molecule has 4 bridgehead atoms. The third-order valence-corrected chi connectivity index (χ3v) is 12.1. The van der Waals surface area contributed by atoms with Crippen LogP contribution in [0, 0.1) is 24.2 Å². The monoisotopic (exact) mass is 484 g/mol. The molecule has 1 aromatic carbocycles. The molecule has 176 valence electrons. The van der Waals surface area contributed by atoms with Crippen LogP contribution in [-0.2, 0) is 20.2 Å². The van der Waals surface area contributed by atoms with Gasteiger partial charge in [0.25, 0.3) is 10.0 Å². The van der Waals surface area contributed by atoms with Gasteiger partial charge in [-0.1, -0.05) is 35.9 Å². The largest absolute Gasteiger partial charge is 0.340 e. The highest BCUT2D eigenvalue weighted by Crippen LogP contribution is 2.66. The molecular formula is C26H32N2O3S2. The first kappa shape index (κ1) is 21.8. The Balaban J connectivity index is 1.22. The Bertz CT molecular complexity index is 1130. The second kappa shape index (κ2) is 7.65. The number of aryl methyl sites for hydroxylation is 1. The Morgan fingerprint density at radius 1 is 0.970 bits per heavy atom. The molecule has 1 amide bonds. The van der Waals surface area contributed by atoms with Crippen molar-refractivity contribution in [3.05, 3.63) is 52.9 Å². The van der Waals surface area contributed by atoms with Crippen molar-refractivity contribution in [2.24, 2.45) is 17.3 Å². The SMILES string of the molecule is Cc1ccc(C23C[C@@H]4C[C@H](CC(C(=O)N5CCN(S(=O)(=O)c6cccs6)CC5)(C4)C2)C3)cc1. The zero-order valence-corrected chi connectivity index (χ0v) is 20.8. The molecule has 0 radical (unpaired) electrons. The van der Waals surface area contributed by atoms with Crippen LogP contribution < -0.4 is 0 Å². The molecule has 7 rings (SSSR count). The Hall–Kier alpha value is -1.70. The average Bonchev–Trinajstić information content (AvgIpc) is 3.34. The number of benzene rings is 1. The van der Waals surface area contributed by atoms with Crippen LogP contribution in [0.2, 0.25) is 0 Å². The van der Waals surface area contributed by atoms with Crippen LogP contribution in [0.1, 0.15) is 49.7 Å². The van der Waals surface area contributed by atoms with Gasteiger partial charge in [0, 0.05) is 26.2 Å². The highest BCUT2D eigenvalue weighted by molar-refractivity contribution is 7.91. The summed E-state index contributed by atoms with van der Waals surface area (Å²) in [4.78, 5) is 16.0. The molecule has 5 fully saturated rings. The van der Waals surface area contributed by atoms with Crippen molar-refractivity contribution in [3.8, 4) is 0 Å². The summed E-state index contributed by atoms with van der Waals surface area (Å²) >= 11 is 1.26. The third kappa shape index (κ3) is 3.50. The molecule has 5 nitrogen and oxygen atoms in total. The number of carbonyl (C=O) groups excluding carboxylic acids is 1. The van der Waals surface area contributed by atoms with Crippen LogP contribution in [0.5, 0.6) is 0 Å². The Morgan fingerprint density at radius 3 is 2.24 bits per heavy atom. The highest BCUT2D eigenvalue weighted by atomic mass is 32.2. The number of thiophene rings is 1. The zero-order chi connectivity index (χ0) is 22.8. The second-order valence-corrected chi connectivity index (χ2v) is 14.1. The number of piperazine rings is 1. The number of carbonyl (C=O) groups is 1. The second-order valence-electron chi connectivity index (χ2n) is 11.0. The Morgan fingerprint density at radius 2 is 1.64 bits per heavy atom. The van der Waals surface area contributed by atoms with Gasteiger partial charge < -0.3 is 4.90 Å². The lowest BCUT2D eigenvalue weighted by Crippen LogP contribution is -2.61. The average molecular weight is 485 g/mol. The van der Waals surface area contributed by atoms with Gasteiger partial charge in [-0.15, -0.1) is 11.3 Å². The molecule has 1 saturated heterocycles. The number of nitrogens with zero attached hydrogens (tertiary/aromatic N) is 2. The van der Waals surface area contributed by atoms with Gasteiger partial charge >= 0.3 is 0 Å².